The molecular formula is C43H60N2O4Si. The molecule has 7 rings (SSSR count). The van der Waals surface area contributed by atoms with Crippen molar-refractivity contribution in [3.8, 4) is 11.5 Å². The van der Waals surface area contributed by atoms with Gasteiger partial charge in [-0.05, 0) is 141 Å². The van der Waals surface area contributed by atoms with Crippen molar-refractivity contribution in [2.24, 2.45) is 23.2 Å². The van der Waals surface area contributed by atoms with Crippen molar-refractivity contribution in [3.63, 3.8) is 0 Å². The van der Waals surface area contributed by atoms with Crippen LogP contribution in [0, 0.1) is 23.2 Å². The van der Waals surface area contributed by atoms with E-state index in [0.717, 1.165) is 47.7 Å². The van der Waals surface area contributed by atoms with E-state index in [2.05, 4.69) is 81.8 Å². The number of anilines is 1. The third-order valence-electron chi connectivity index (χ3n) is 12.2. The summed E-state index contributed by atoms with van der Waals surface area (Å²) in [5, 5.41) is 6.71. The molecule has 0 radical (unpaired) electrons. The molecule has 0 unspecified atom stereocenters. The molecule has 0 spiro atoms. The summed E-state index contributed by atoms with van der Waals surface area (Å²) in [7, 11) is -2.13. The molecule has 4 fully saturated rings. The van der Waals surface area contributed by atoms with E-state index in [4.69, 9.17) is 13.9 Å². The average Bonchev–Trinajstić information content (AvgIpc) is 3.05. The van der Waals surface area contributed by atoms with Gasteiger partial charge in [0.2, 0.25) is 6.41 Å². The van der Waals surface area contributed by atoms with E-state index < -0.39 is 8.32 Å². The first-order chi connectivity index (χ1) is 23.9. The Morgan fingerprint density at radius 3 is 2.22 bits per heavy atom. The quantitative estimate of drug-likeness (QED) is 0.109. The van der Waals surface area contributed by atoms with E-state index in [-0.39, 0.29) is 17.2 Å². The van der Waals surface area contributed by atoms with E-state index in [1.807, 2.05) is 42.5 Å². The van der Waals surface area contributed by atoms with Crippen molar-refractivity contribution in [2.75, 3.05) is 18.5 Å². The van der Waals surface area contributed by atoms with Gasteiger partial charge in [-0.1, -0.05) is 69.3 Å². The minimum absolute atomic E-state index is 0.0512. The summed E-state index contributed by atoms with van der Waals surface area (Å²) < 4.78 is 19.6. The molecule has 0 saturated heterocycles. The van der Waals surface area contributed by atoms with Gasteiger partial charge in [0.1, 0.15) is 18.1 Å². The predicted molar refractivity (Wildman–Crippen MR) is 206 cm³/mol. The van der Waals surface area contributed by atoms with Gasteiger partial charge < -0.3 is 24.5 Å². The molecule has 2 atom stereocenters. The maximum absolute atomic E-state index is 11.6. The summed E-state index contributed by atoms with van der Waals surface area (Å²) in [6.45, 7) is 15.5. The van der Waals surface area contributed by atoms with Gasteiger partial charge in [-0.15, -0.1) is 0 Å². The monoisotopic (exact) mass is 696 g/mol. The fourth-order valence-electron chi connectivity index (χ4n) is 9.02. The molecule has 0 heterocycles. The van der Waals surface area contributed by atoms with Gasteiger partial charge in [0, 0.05) is 12.6 Å². The van der Waals surface area contributed by atoms with E-state index in [9.17, 15) is 4.79 Å². The summed E-state index contributed by atoms with van der Waals surface area (Å²) in [6, 6.07) is 25.0. The summed E-state index contributed by atoms with van der Waals surface area (Å²) in [5.41, 5.74) is 4.55. The lowest BCUT2D eigenvalue weighted by molar-refractivity contribution is -0.105. The zero-order chi connectivity index (χ0) is 35.4. The second-order valence-electron chi connectivity index (χ2n) is 17.3. The van der Waals surface area contributed by atoms with Crippen molar-refractivity contribution >= 4 is 20.4 Å². The molecule has 270 valence electrons. The Morgan fingerprint density at radius 2 is 1.56 bits per heavy atom. The zero-order valence-corrected chi connectivity index (χ0v) is 32.3. The van der Waals surface area contributed by atoms with Crippen LogP contribution in [0.5, 0.6) is 11.5 Å². The molecule has 2 N–H and O–H groups in total. The topological polar surface area (TPSA) is 68.8 Å². The Kier molecular flexibility index (Phi) is 11.5. The number of carbonyl (C=O) groups excluding carboxylic acids is 1. The van der Waals surface area contributed by atoms with Crippen LogP contribution in [0.2, 0.25) is 18.1 Å². The third kappa shape index (κ3) is 9.20. The Labute approximate surface area is 302 Å². The SMILES string of the molecule is C[C@H](Cc1cccc(OCCC23CC4CC(CC(C4)C2)C3)c1)NC[C@H](O[Si](C)(C)C(C)(C)C)c1ccc(OCc2ccccc2)c(NC=O)c1. The van der Waals surface area contributed by atoms with Gasteiger partial charge in [-0.3, -0.25) is 4.79 Å². The molecule has 0 aliphatic heterocycles. The normalized spacial score (nSPS) is 24.1. The largest absolute Gasteiger partial charge is 0.494 e. The third-order valence-corrected chi connectivity index (χ3v) is 16.7. The van der Waals surface area contributed by atoms with Crippen LogP contribution in [0.4, 0.5) is 5.69 Å². The number of benzene rings is 3. The molecule has 0 aromatic heterocycles. The smallest absolute Gasteiger partial charge is 0.211 e. The van der Waals surface area contributed by atoms with Gasteiger partial charge in [-0.2, -0.15) is 0 Å². The van der Waals surface area contributed by atoms with Gasteiger partial charge in [0.05, 0.1) is 18.4 Å². The van der Waals surface area contributed by atoms with Crippen LogP contribution >= 0.6 is 0 Å². The second-order valence-corrected chi connectivity index (χ2v) is 22.1. The lowest BCUT2D eigenvalue weighted by Gasteiger charge is -2.57. The standard InChI is InChI=1S/C43H60N2O4Si/c1-31(19-33-13-10-14-38(23-33)47-18-17-43-25-34-20-35(26-43)22-36(21-34)27-43)44-28-41(49-50(5,6)42(2,3)4)37-15-16-40(39(24-37)45-30-46)48-29-32-11-8-7-9-12-32/h7-16,23-24,30-31,34-36,41,44H,17-22,25-29H2,1-6H3,(H,45,46)/t31-,34?,35?,36?,41+,43?/m1/s1. The van der Waals surface area contributed by atoms with Crippen molar-refractivity contribution in [1.29, 1.82) is 0 Å². The summed E-state index contributed by atoms with van der Waals surface area (Å²) >= 11 is 0. The van der Waals surface area contributed by atoms with Crippen molar-refractivity contribution in [1.82, 2.24) is 5.32 Å². The number of hydrogen-bond donors (Lipinski definition) is 2. The lowest BCUT2D eigenvalue weighted by atomic mass is 9.49. The first-order valence-corrected chi connectivity index (χ1v) is 21.9. The highest BCUT2D eigenvalue weighted by atomic mass is 28.4. The maximum Gasteiger partial charge on any atom is 0.211 e. The molecule has 4 bridgehead atoms. The number of amides is 1. The fourth-order valence-corrected chi connectivity index (χ4v) is 10.3. The number of carbonyl (C=O) groups is 1. The number of nitrogens with one attached hydrogen (secondary N) is 2. The number of hydrogen-bond acceptors (Lipinski definition) is 5. The summed E-state index contributed by atoms with van der Waals surface area (Å²) in [5.74, 6) is 4.58. The van der Waals surface area contributed by atoms with Crippen LogP contribution in [-0.4, -0.2) is 33.9 Å². The number of rotatable bonds is 17. The second kappa shape index (κ2) is 15.6. The zero-order valence-electron chi connectivity index (χ0n) is 31.3. The molecule has 4 saturated carbocycles. The number of ether oxygens (including phenoxy) is 2. The molecule has 4 aliphatic rings. The van der Waals surface area contributed by atoms with E-state index in [1.165, 1.54) is 50.5 Å². The molecule has 1 amide bonds. The van der Waals surface area contributed by atoms with Crippen LogP contribution in [0.1, 0.15) is 95.4 Å². The first-order valence-electron chi connectivity index (χ1n) is 19.0. The van der Waals surface area contributed by atoms with E-state index >= 15 is 0 Å². The van der Waals surface area contributed by atoms with Crippen LogP contribution in [0.3, 0.4) is 0 Å². The minimum Gasteiger partial charge on any atom is -0.494 e. The Balaban J connectivity index is 1.08. The molecule has 7 heteroatoms. The molecule has 3 aromatic rings. The molecule has 3 aromatic carbocycles. The Bertz CT molecular complexity index is 1530. The lowest BCUT2D eigenvalue weighted by Crippen LogP contribution is -2.46. The Morgan fingerprint density at radius 1 is 0.880 bits per heavy atom. The maximum atomic E-state index is 11.6. The minimum atomic E-state index is -2.13. The van der Waals surface area contributed by atoms with Crippen molar-refractivity contribution in [2.45, 2.75) is 116 Å². The van der Waals surface area contributed by atoms with Gasteiger partial charge in [0.15, 0.2) is 8.32 Å². The van der Waals surface area contributed by atoms with Gasteiger partial charge in [-0.25, -0.2) is 0 Å². The van der Waals surface area contributed by atoms with Gasteiger partial charge in [0.25, 0.3) is 0 Å². The molecule has 4 aliphatic carbocycles. The Hall–Kier alpha value is -3.13. The van der Waals surface area contributed by atoms with Crippen LogP contribution in [0.25, 0.3) is 0 Å². The molecule has 6 nitrogen and oxygen atoms in total. The highest BCUT2D eigenvalue weighted by Crippen LogP contribution is 2.61. The van der Waals surface area contributed by atoms with E-state index in [1.54, 1.807) is 0 Å². The van der Waals surface area contributed by atoms with Gasteiger partial charge >= 0.3 is 0 Å². The summed E-state index contributed by atoms with van der Waals surface area (Å²) in [6.07, 6.45) is 11.4. The highest BCUT2D eigenvalue weighted by Gasteiger charge is 2.50. The summed E-state index contributed by atoms with van der Waals surface area (Å²) in [4.78, 5) is 11.6. The van der Waals surface area contributed by atoms with Crippen LogP contribution in [0.15, 0.2) is 72.8 Å². The van der Waals surface area contributed by atoms with E-state index in [0.29, 0.717) is 36.4 Å². The van der Waals surface area contributed by atoms with Crippen molar-refractivity contribution in [3.05, 3.63) is 89.5 Å². The van der Waals surface area contributed by atoms with Crippen LogP contribution < -0.4 is 20.1 Å². The molecule has 50 heavy (non-hydrogen) atoms. The predicted octanol–water partition coefficient (Wildman–Crippen LogP) is 10.1. The highest BCUT2D eigenvalue weighted by molar-refractivity contribution is 6.74. The van der Waals surface area contributed by atoms with Crippen molar-refractivity contribution < 1.29 is 18.7 Å². The average molecular weight is 697 g/mol. The van der Waals surface area contributed by atoms with Crippen LogP contribution in [-0.2, 0) is 22.2 Å². The molecular weight excluding hydrogens is 637 g/mol. The first kappa shape index (κ1) is 36.7. The fraction of sp³-hybridized carbons (Fsp3) is 0.558.